The molecule has 0 spiro atoms. The lowest BCUT2D eigenvalue weighted by molar-refractivity contribution is 0.638. The number of anilines is 2. The lowest BCUT2D eigenvalue weighted by Gasteiger charge is -2.18. The van der Waals surface area contributed by atoms with E-state index < -0.39 is 0 Å². The Balaban J connectivity index is 0.000000948. The van der Waals surface area contributed by atoms with Gasteiger partial charge in [0.05, 0.1) is 22.6 Å². The molecular formula is C21H24N4S. The normalized spacial score (nSPS) is 11.7. The monoisotopic (exact) mass is 364 g/mol. The second-order valence-corrected chi connectivity index (χ2v) is 6.81. The van der Waals surface area contributed by atoms with Crippen LogP contribution in [0.5, 0.6) is 0 Å². The van der Waals surface area contributed by atoms with Crippen molar-refractivity contribution < 1.29 is 0 Å². The van der Waals surface area contributed by atoms with Gasteiger partial charge in [0.2, 0.25) is 0 Å². The van der Waals surface area contributed by atoms with E-state index in [1.165, 1.54) is 10.3 Å². The Morgan fingerprint density at radius 2 is 1.77 bits per heavy atom. The molecule has 0 aliphatic rings. The zero-order valence-corrected chi connectivity index (χ0v) is 16.4. The van der Waals surface area contributed by atoms with Crippen LogP contribution in [0.15, 0.2) is 67.3 Å². The van der Waals surface area contributed by atoms with E-state index in [1.807, 2.05) is 38.6 Å². The van der Waals surface area contributed by atoms with Gasteiger partial charge in [-0.15, -0.1) is 0 Å². The SMILES string of the molecule is CC.CC(c1ccc(N(C)c2nc3ccccc3s2)cc1)n1ccnc1. The molecule has 0 saturated heterocycles. The summed E-state index contributed by atoms with van der Waals surface area (Å²) in [5.74, 6) is 0. The molecule has 0 aliphatic carbocycles. The average molecular weight is 365 g/mol. The van der Waals surface area contributed by atoms with Gasteiger partial charge in [-0.25, -0.2) is 9.97 Å². The first-order chi connectivity index (χ1) is 12.7. The molecule has 26 heavy (non-hydrogen) atoms. The van der Waals surface area contributed by atoms with E-state index in [0.717, 1.165) is 16.3 Å². The highest BCUT2D eigenvalue weighted by Crippen LogP contribution is 2.32. The Hall–Kier alpha value is -2.66. The van der Waals surface area contributed by atoms with Crippen molar-refractivity contribution in [3.05, 3.63) is 72.8 Å². The lowest BCUT2D eigenvalue weighted by atomic mass is 10.1. The van der Waals surface area contributed by atoms with E-state index in [0.29, 0.717) is 0 Å². The van der Waals surface area contributed by atoms with E-state index in [1.54, 1.807) is 11.3 Å². The van der Waals surface area contributed by atoms with Crippen molar-refractivity contribution in [2.45, 2.75) is 26.8 Å². The van der Waals surface area contributed by atoms with Crippen LogP contribution < -0.4 is 4.90 Å². The van der Waals surface area contributed by atoms with Crippen LogP contribution >= 0.6 is 11.3 Å². The van der Waals surface area contributed by atoms with Crippen LogP contribution in [0.25, 0.3) is 10.2 Å². The molecule has 0 fully saturated rings. The Labute approximate surface area is 158 Å². The molecule has 5 heteroatoms. The number of benzene rings is 2. The van der Waals surface area contributed by atoms with Gasteiger partial charge in [-0.1, -0.05) is 49.4 Å². The van der Waals surface area contributed by atoms with Crippen LogP contribution in [0.4, 0.5) is 10.8 Å². The van der Waals surface area contributed by atoms with Crippen molar-refractivity contribution in [2.24, 2.45) is 0 Å². The zero-order valence-electron chi connectivity index (χ0n) is 15.6. The van der Waals surface area contributed by atoms with Crippen LogP contribution in [0.3, 0.4) is 0 Å². The first-order valence-corrected chi connectivity index (χ1v) is 9.71. The summed E-state index contributed by atoms with van der Waals surface area (Å²) in [6.45, 7) is 6.17. The molecule has 2 aromatic carbocycles. The molecule has 0 aliphatic heterocycles. The van der Waals surface area contributed by atoms with Gasteiger partial charge < -0.3 is 9.47 Å². The summed E-state index contributed by atoms with van der Waals surface area (Å²) >= 11 is 1.71. The Morgan fingerprint density at radius 1 is 1.04 bits per heavy atom. The lowest BCUT2D eigenvalue weighted by Crippen LogP contribution is -2.09. The smallest absolute Gasteiger partial charge is 0.190 e. The highest BCUT2D eigenvalue weighted by atomic mass is 32.1. The number of aromatic nitrogens is 3. The number of hydrogen-bond donors (Lipinski definition) is 0. The van der Waals surface area contributed by atoms with E-state index in [9.17, 15) is 0 Å². The largest absolute Gasteiger partial charge is 0.330 e. The summed E-state index contributed by atoms with van der Waals surface area (Å²) in [6, 6.07) is 17.2. The maximum Gasteiger partial charge on any atom is 0.190 e. The molecule has 0 bridgehead atoms. The van der Waals surface area contributed by atoms with Gasteiger partial charge in [0, 0.05) is 25.1 Å². The minimum Gasteiger partial charge on any atom is -0.330 e. The number of thiazole rings is 1. The van der Waals surface area contributed by atoms with Gasteiger partial charge in [0.1, 0.15) is 0 Å². The first kappa shape index (κ1) is 18.1. The minimum absolute atomic E-state index is 0.273. The summed E-state index contributed by atoms with van der Waals surface area (Å²) in [5.41, 5.74) is 3.44. The fraction of sp³-hybridized carbons (Fsp3) is 0.238. The summed E-state index contributed by atoms with van der Waals surface area (Å²) in [7, 11) is 2.06. The minimum atomic E-state index is 0.273. The molecule has 0 N–H and O–H groups in total. The predicted molar refractivity (Wildman–Crippen MR) is 112 cm³/mol. The second kappa shape index (κ2) is 8.15. The molecule has 4 aromatic rings. The third-order valence-corrected chi connectivity index (χ3v) is 5.42. The van der Waals surface area contributed by atoms with Crippen LogP contribution in [0.1, 0.15) is 32.4 Å². The van der Waals surface area contributed by atoms with E-state index >= 15 is 0 Å². The van der Waals surface area contributed by atoms with Crippen molar-refractivity contribution in [1.82, 2.24) is 14.5 Å². The average Bonchev–Trinajstić information content (AvgIpc) is 3.38. The highest BCUT2D eigenvalue weighted by molar-refractivity contribution is 7.22. The Bertz CT molecular complexity index is 909. The first-order valence-electron chi connectivity index (χ1n) is 8.89. The standard InChI is InChI=1S/C19H18N4S.C2H6/c1-14(23-12-11-20-13-23)15-7-9-16(10-8-15)22(2)19-21-17-5-3-4-6-18(17)24-19;1-2/h3-14H,1-2H3;1-2H3. The van der Waals surface area contributed by atoms with E-state index in [2.05, 4.69) is 70.9 Å². The van der Waals surface area contributed by atoms with Gasteiger partial charge in [0.15, 0.2) is 5.13 Å². The Kier molecular flexibility index (Phi) is 5.68. The number of hydrogen-bond acceptors (Lipinski definition) is 4. The Morgan fingerprint density at radius 3 is 2.42 bits per heavy atom. The van der Waals surface area contributed by atoms with Crippen LogP contribution in [0.2, 0.25) is 0 Å². The third-order valence-electron chi connectivity index (χ3n) is 4.30. The molecule has 1 unspecified atom stereocenters. The van der Waals surface area contributed by atoms with Crippen LogP contribution in [-0.4, -0.2) is 21.6 Å². The fourth-order valence-electron chi connectivity index (χ4n) is 2.76. The van der Waals surface area contributed by atoms with Gasteiger partial charge >= 0.3 is 0 Å². The van der Waals surface area contributed by atoms with Crippen molar-refractivity contribution in [1.29, 1.82) is 0 Å². The summed E-state index contributed by atoms with van der Waals surface area (Å²) in [5, 5.41) is 1.01. The maximum atomic E-state index is 4.72. The van der Waals surface area contributed by atoms with Gasteiger partial charge in [-0.2, -0.15) is 0 Å². The molecule has 0 saturated carbocycles. The van der Waals surface area contributed by atoms with Crippen molar-refractivity contribution in [2.75, 3.05) is 11.9 Å². The summed E-state index contributed by atoms with van der Waals surface area (Å²) in [4.78, 5) is 11.0. The molecule has 2 heterocycles. The van der Waals surface area contributed by atoms with Crippen LogP contribution in [0, 0.1) is 0 Å². The van der Waals surface area contributed by atoms with Crippen molar-refractivity contribution in [3.8, 4) is 0 Å². The molecule has 134 valence electrons. The fourth-order valence-corrected chi connectivity index (χ4v) is 3.71. The maximum absolute atomic E-state index is 4.72. The molecule has 2 aromatic heterocycles. The van der Waals surface area contributed by atoms with Gasteiger partial charge in [0.25, 0.3) is 0 Å². The van der Waals surface area contributed by atoms with Crippen molar-refractivity contribution in [3.63, 3.8) is 0 Å². The molecular weight excluding hydrogens is 340 g/mol. The second-order valence-electron chi connectivity index (χ2n) is 5.80. The van der Waals surface area contributed by atoms with Gasteiger partial charge in [-0.3, -0.25) is 0 Å². The molecule has 0 radical (unpaired) electrons. The highest BCUT2D eigenvalue weighted by Gasteiger charge is 2.11. The number of fused-ring (bicyclic) bond motifs is 1. The number of nitrogens with zero attached hydrogens (tertiary/aromatic N) is 4. The topological polar surface area (TPSA) is 34.0 Å². The molecule has 4 nitrogen and oxygen atoms in total. The van der Waals surface area contributed by atoms with Crippen LogP contribution in [-0.2, 0) is 0 Å². The number of para-hydroxylation sites is 1. The predicted octanol–water partition coefficient (Wildman–Crippen LogP) is 5.90. The quantitative estimate of drug-likeness (QED) is 0.452. The number of rotatable bonds is 4. The van der Waals surface area contributed by atoms with Crippen molar-refractivity contribution >= 4 is 32.4 Å². The third kappa shape index (κ3) is 3.63. The summed E-state index contributed by atoms with van der Waals surface area (Å²) < 4.78 is 3.32. The summed E-state index contributed by atoms with van der Waals surface area (Å²) in [6.07, 6.45) is 5.66. The molecule has 4 rings (SSSR count). The van der Waals surface area contributed by atoms with E-state index in [4.69, 9.17) is 4.98 Å². The van der Waals surface area contributed by atoms with E-state index in [-0.39, 0.29) is 6.04 Å². The molecule has 0 amide bonds. The zero-order chi connectivity index (χ0) is 18.5. The van der Waals surface area contributed by atoms with Gasteiger partial charge in [-0.05, 0) is 36.8 Å². The number of imidazole rings is 1. The molecule has 1 atom stereocenters.